The van der Waals surface area contributed by atoms with Gasteiger partial charge in [0.2, 0.25) is 5.91 Å². The third-order valence-corrected chi connectivity index (χ3v) is 4.57. The predicted octanol–water partition coefficient (Wildman–Crippen LogP) is 4.03. The lowest BCUT2D eigenvalue weighted by Gasteiger charge is -2.15. The first kappa shape index (κ1) is 13.5. The van der Waals surface area contributed by atoms with E-state index in [-0.39, 0.29) is 11.8 Å². The van der Waals surface area contributed by atoms with Gasteiger partial charge in [-0.15, -0.1) is 0 Å². The second-order valence-corrected chi connectivity index (χ2v) is 6.27. The highest BCUT2D eigenvalue weighted by molar-refractivity contribution is 5.94. The van der Waals surface area contributed by atoms with Crippen LogP contribution in [0, 0.1) is 11.8 Å². The van der Waals surface area contributed by atoms with Gasteiger partial charge in [-0.1, -0.05) is 19.4 Å². The first-order chi connectivity index (χ1) is 9.74. The zero-order chi connectivity index (χ0) is 13.9. The van der Waals surface area contributed by atoms with E-state index < -0.39 is 0 Å². The van der Waals surface area contributed by atoms with Crippen LogP contribution in [0.15, 0.2) is 24.3 Å². The van der Waals surface area contributed by atoms with Crippen LogP contribution in [0.3, 0.4) is 0 Å². The molecule has 2 aliphatic carbocycles. The van der Waals surface area contributed by atoms with Gasteiger partial charge in [-0.2, -0.15) is 0 Å². The first-order valence-electron chi connectivity index (χ1n) is 7.92. The van der Waals surface area contributed by atoms with Gasteiger partial charge in [0.1, 0.15) is 0 Å². The van der Waals surface area contributed by atoms with Crippen LogP contribution in [0.2, 0.25) is 0 Å². The standard InChI is InChI=1S/C17H24N2O/c1-2-12-6-9-16(10-12)18-14-4-3-5-15(11-14)19-17(20)13-7-8-13/h3-5,11-13,16,18H,2,6-10H2,1H3,(H,19,20). The topological polar surface area (TPSA) is 41.1 Å². The molecule has 3 heteroatoms. The van der Waals surface area contributed by atoms with Crippen LogP contribution in [0.5, 0.6) is 0 Å². The SMILES string of the molecule is CCC1CCC(Nc2cccc(NC(=O)C3CC3)c2)C1. The zero-order valence-corrected chi connectivity index (χ0v) is 12.2. The van der Waals surface area contributed by atoms with Crippen LogP contribution in [0.1, 0.15) is 45.4 Å². The van der Waals surface area contributed by atoms with Gasteiger partial charge in [-0.3, -0.25) is 4.79 Å². The van der Waals surface area contributed by atoms with Crippen molar-refractivity contribution in [3.05, 3.63) is 24.3 Å². The van der Waals surface area contributed by atoms with Crippen LogP contribution in [0.4, 0.5) is 11.4 Å². The second kappa shape index (κ2) is 5.86. The summed E-state index contributed by atoms with van der Waals surface area (Å²) in [4.78, 5) is 11.8. The molecule has 0 heterocycles. The highest BCUT2D eigenvalue weighted by Gasteiger charge is 2.29. The Morgan fingerprint density at radius 1 is 1.20 bits per heavy atom. The molecule has 0 aromatic heterocycles. The number of anilines is 2. The van der Waals surface area contributed by atoms with Crippen LogP contribution >= 0.6 is 0 Å². The molecule has 2 unspecified atom stereocenters. The molecule has 20 heavy (non-hydrogen) atoms. The number of carbonyl (C=O) groups is 1. The summed E-state index contributed by atoms with van der Waals surface area (Å²) in [5.74, 6) is 1.31. The third-order valence-electron chi connectivity index (χ3n) is 4.57. The fraction of sp³-hybridized carbons (Fsp3) is 0.588. The molecule has 2 atom stereocenters. The minimum Gasteiger partial charge on any atom is -0.382 e. The van der Waals surface area contributed by atoms with Gasteiger partial charge in [0.05, 0.1) is 0 Å². The van der Waals surface area contributed by atoms with Crippen molar-refractivity contribution >= 4 is 17.3 Å². The Kier molecular flexibility index (Phi) is 3.95. The number of rotatable bonds is 5. The van der Waals surface area contributed by atoms with Gasteiger partial charge in [0.25, 0.3) is 0 Å². The highest BCUT2D eigenvalue weighted by Crippen LogP contribution is 2.32. The quantitative estimate of drug-likeness (QED) is 0.849. The van der Waals surface area contributed by atoms with Crippen molar-refractivity contribution in [2.45, 2.75) is 51.5 Å². The van der Waals surface area contributed by atoms with Crippen molar-refractivity contribution in [2.75, 3.05) is 10.6 Å². The average Bonchev–Trinajstić information content (AvgIpc) is 3.20. The molecule has 2 aliphatic rings. The molecular formula is C17H24N2O. The number of amides is 1. The van der Waals surface area contributed by atoms with Crippen LogP contribution < -0.4 is 10.6 Å². The minimum atomic E-state index is 0.175. The maximum Gasteiger partial charge on any atom is 0.227 e. The van der Waals surface area contributed by atoms with E-state index >= 15 is 0 Å². The molecule has 3 rings (SSSR count). The number of hydrogen-bond acceptors (Lipinski definition) is 2. The molecule has 1 aromatic carbocycles. The summed E-state index contributed by atoms with van der Waals surface area (Å²) in [5.41, 5.74) is 2.04. The Labute approximate surface area is 121 Å². The Bertz CT molecular complexity index is 482. The summed E-state index contributed by atoms with van der Waals surface area (Å²) in [6.07, 6.45) is 7.25. The summed E-state index contributed by atoms with van der Waals surface area (Å²) in [7, 11) is 0. The maximum absolute atomic E-state index is 11.8. The minimum absolute atomic E-state index is 0.175. The van der Waals surface area contributed by atoms with Gasteiger partial charge in [0, 0.05) is 23.3 Å². The summed E-state index contributed by atoms with van der Waals surface area (Å²) >= 11 is 0. The van der Waals surface area contributed by atoms with Crippen LogP contribution in [0.25, 0.3) is 0 Å². The molecule has 0 spiro atoms. The summed E-state index contributed by atoms with van der Waals surface area (Å²) in [5, 5.41) is 6.62. The molecule has 0 bridgehead atoms. The maximum atomic E-state index is 11.8. The summed E-state index contributed by atoms with van der Waals surface area (Å²) in [6.45, 7) is 2.28. The zero-order valence-electron chi connectivity index (χ0n) is 12.2. The van der Waals surface area contributed by atoms with E-state index in [9.17, 15) is 4.79 Å². The van der Waals surface area contributed by atoms with E-state index in [2.05, 4.69) is 29.7 Å². The monoisotopic (exact) mass is 272 g/mol. The molecule has 2 fully saturated rings. The molecule has 1 aromatic rings. The van der Waals surface area contributed by atoms with Crippen LogP contribution in [-0.4, -0.2) is 11.9 Å². The van der Waals surface area contributed by atoms with Crippen molar-refractivity contribution in [3.8, 4) is 0 Å². The number of benzene rings is 1. The van der Waals surface area contributed by atoms with E-state index in [1.807, 2.05) is 12.1 Å². The largest absolute Gasteiger partial charge is 0.382 e. The van der Waals surface area contributed by atoms with E-state index in [1.54, 1.807) is 0 Å². The van der Waals surface area contributed by atoms with E-state index in [1.165, 1.54) is 25.7 Å². The van der Waals surface area contributed by atoms with Gasteiger partial charge >= 0.3 is 0 Å². The normalized spacial score (nSPS) is 25.4. The van der Waals surface area contributed by atoms with Crippen LogP contribution in [-0.2, 0) is 4.79 Å². The van der Waals surface area contributed by atoms with Crippen molar-refractivity contribution in [3.63, 3.8) is 0 Å². The molecule has 3 nitrogen and oxygen atoms in total. The highest BCUT2D eigenvalue weighted by atomic mass is 16.2. The number of carbonyl (C=O) groups excluding carboxylic acids is 1. The van der Waals surface area contributed by atoms with Gasteiger partial charge in [-0.05, 0) is 56.2 Å². The van der Waals surface area contributed by atoms with E-state index in [4.69, 9.17) is 0 Å². The third kappa shape index (κ3) is 3.33. The fourth-order valence-electron chi connectivity index (χ4n) is 3.09. The lowest BCUT2D eigenvalue weighted by Crippen LogP contribution is -2.16. The molecule has 0 saturated heterocycles. The Hall–Kier alpha value is -1.51. The second-order valence-electron chi connectivity index (χ2n) is 6.27. The summed E-state index contributed by atoms with van der Waals surface area (Å²) < 4.78 is 0. The lowest BCUT2D eigenvalue weighted by atomic mass is 10.1. The van der Waals surface area contributed by atoms with Gasteiger partial charge in [0.15, 0.2) is 0 Å². The number of hydrogen-bond donors (Lipinski definition) is 2. The lowest BCUT2D eigenvalue weighted by molar-refractivity contribution is -0.117. The first-order valence-corrected chi connectivity index (χ1v) is 7.92. The van der Waals surface area contributed by atoms with E-state index in [0.717, 1.165) is 30.1 Å². The Morgan fingerprint density at radius 3 is 2.70 bits per heavy atom. The Morgan fingerprint density at radius 2 is 2.00 bits per heavy atom. The molecule has 2 N–H and O–H groups in total. The molecular weight excluding hydrogens is 248 g/mol. The molecule has 0 aliphatic heterocycles. The van der Waals surface area contributed by atoms with Crippen molar-refractivity contribution < 1.29 is 4.79 Å². The van der Waals surface area contributed by atoms with Crippen molar-refractivity contribution in [1.82, 2.24) is 0 Å². The molecule has 108 valence electrons. The Balaban J connectivity index is 1.58. The van der Waals surface area contributed by atoms with Crippen molar-refractivity contribution in [2.24, 2.45) is 11.8 Å². The van der Waals surface area contributed by atoms with Gasteiger partial charge < -0.3 is 10.6 Å². The average molecular weight is 272 g/mol. The van der Waals surface area contributed by atoms with Gasteiger partial charge in [-0.25, -0.2) is 0 Å². The smallest absolute Gasteiger partial charge is 0.227 e. The summed E-state index contributed by atoms with van der Waals surface area (Å²) in [6, 6.07) is 8.71. The predicted molar refractivity (Wildman–Crippen MR) is 82.8 cm³/mol. The number of nitrogens with one attached hydrogen (secondary N) is 2. The fourth-order valence-corrected chi connectivity index (χ4v) is 3.09. The van der Waals surface area contributed by atoms with Crippen molar-refractivity contribution in [1.29, 1.82) is 0 Å². The molecule has 0 radical (unpaired) electrons. The van der Waals surface area contributed by atoms with E-state index in [0.29, 0.717) is 6.04 Å². The molecule has 2 saturated carbocycles. The molecule has 1 amide bonds.